The lowest BCUT2D eigenvalue weighted by atomic mass is 10.1. The summed E-state index contributed by atoms with van der Waals surface area (Å²) in [4.78, 5) is 25.3. The summed E-state index contributed by atoms with van der Waals surface area (Å²) in [7, 11) is -3.81. The van der Waals surface area contributed by atoms with Crippen LogP contribution in [0.25, 0.3) is 0 Å². The van der Waals surface area contributed by atoms with Crippen molar-refractivity contribution in [1.82, 2.24) is 5.43 Å². The summed E-state index contributed by atoms with van der Waals surface area (Å²) < 4.78 is 32.1. The molecule has 0 spiro atoms. The molecule has 0 aliphatic carbocycles. The van der Waals surface area contributed by atoms with Gasteiger partial charge in [-0.2, -0.15) is 5.10 Å². The number of carbonyl (C=O) groups is 2. The molecule has 2 N–H and O–H groups in total. The number of rotatable bonds is 10. The highest BCUT2D eigenvalue weighted by atomic mass is 32.2. The number of ether oxygens (including phenoxy) is 1. The van der Waals surface area contributed by atoms with Crippen molar-refractivity contribution in [3.05, 3.63) is 120 Å². The topological polar surface area (TPSA) is 117 Å². The first kappa shape index (κ1) is 29.0. The lowest BCUT2D eigenvalue weighted by molar-refractivity contribution is -0.121. The third-order valence-corrected chi connectivity index (χ3v) is 7.33. The number of amides is 2. The van der Waals surface area contributed by atoms with Gasteiger partial charge in [-0.1, -0.05) is 48.5 Å². The Bertz CT molecular complexity index is 1620. The zero-order chi connectivity index (χ0) is 29.4. The van der Waals surface area contributed by atoms with Crippen molar-refractivity contribution < 1.29 is 22.7 Å². The van der Waals surface area contributed by atoms with Crippen LogP contribution in [-0.4, -0.2) is 38.2 Å². The zero-order valence-electron chi connectivity index (χ0n) is 22.8. The van der Waals surface area contributed by atoms with E-state index in [-0.39, 0.29) is 5.91 Å². The number of anilines is 2. The van der Waals surface area contributed by atoms with Gasteiger partial charge in [0.15, 0.2) is 0 Å². The summed E-state index contributed by atoms with van der Waals surface area (Å²) in [6.07, 6.45) is 1.04. The van der Waals surface area contributed by atoms with E-state index in [2.05, 4.69) is 15.8 Å². The summed E-state index contributed by atoms with van der Waals surface area (Å²) in [6, 6.07) is 30.4. The van der Waals surface area contributed by atoms with Crippen LogP contribution in [0.2, 0.25) is 0 Å². The quantitative estimate of drug-likeness (QED) is 0.195. The van der Waals surface area contributed by atoms with E-state index in [0.29, 0.717) is 39.7 Å². The van der Waals surface area contributed by atoms with Crippen LogP contribution in [0.3, 0.4) is 0 Å². The number of carbonyl (C=O) groups excluding carboxylic acids is 2. The number of hydrogen-bond acceptors (Lipinski definition) is 6. The van der Waals surface area contributed by atoms with Gasteiger partial charge in [-0.05, 0) is 80.1 Å². The van der Waals surface area contributed by atoms with Crippen LogP contribution < -0.4 is 19.8 Å². The second-order valence-corrected chi connectivity index (χ2v) is 11.1. The molecule has 10 heteroatoms. The largest absolute Gasteiger partial charge is 0.457 e. The molecule has 0 aromatic heterocycles. The molecule has 41 heavy (non-hydrogen) atoms. The normalized spacial score (nSPS) is 12.2. The van der Waals surface area contributed by atoms with Crippen LogP contribution in [0.4, 0.5) is 11.4 Å². The molecular formula is C31H30N4O5S. The number of nitrogens with one attached hydrogen (secondary N) is 2. The minimum absolute atomic E-state index is 0.223. The lowest BCUT2D eigenvalue weighted by Crippen LogP contribution is -2.46. The molecule has 0 aliphatic rings. The van der Waals surface area contributed by atoms with Gasteiger partial charge in [0.1, 0.15) is 17.5 Å². The molecule has 0 saturated carbocycles. The summed E-state index contributed by atoms with van der Waals surface area (Å²) in [5, 5.41) is 6.99. The van der Waals surface area contributed by atoms with E-state index in [1.54, 1.807) is 79.7 Å². The number of hydrazone groups is 1. The molecule has 1 atom stereocenters. The van der Waals surface area contributed by atoms with Crippen molar-refractivity contribution in [3.8, 4) is 11.5 Å². The first-order valence-electron chi connectivity index (χ1n) is 12.7. The van der Waals surface area contributed by atoms with Crippen molar-refractivity contribution in [2.75, 3.05) is 15.9 Å². The van der Waals surface area contributed by atoms with Crippen LogP contribution in [-0.2, 0) is 14.8 Å². The molecule has 2 amide bonds. The molecule has 0 heterocycles. The van der Waals surface area contributed by atoms with E-state index in [1.807, 2.05) is 36.4 Å². The minimum Gasteiger partial charge on any atom is -0.457 e. The Balaban J connectivity index is 1.41. The predicted octanol–water partition coefficient (Wildman–Crippen LogP) is 5.43. The van der Waals surface area contributed by atoms with Crippen molar-refractivity contribution in [2.45, 2.75) is 19.9 Å². The van der Waals surface area contributed by atoms with Crippen LogP contribution in [0.1, 0.15) is 29.8 Å². The monoisotopic (exact) mass is 570 g/mol. The molecule has 0 fully saturated rings. The van der Waals surface area contributed by atoms with Gasteiger partial charge in [0, 0.05) is 11.3 Å². The highest BCUT2D eigenvalue weighted by molar-refractivity contribution is 7.92. The van der Waals surface area contributed by atoms with E-state index < -0.39 is 22.0 Å². The summed E-state index contributed by atoms with van der Waals surface area (Å²) >= 11 is 0. The average molecular weight is 571 g/mol. The summed E-state index contributed by atoms with van der Waals surface area (Å²) in [5.41, 5.74) is 5.14. The van der Waals surface area contributed by atoms with Crippen LogP contribution in [0.5, 0.6) is 11.5 Å². The molecule has 0 bridgehead atoms. The fourth-order valence-corrected chi connectivity index (χ4v) is 5.15. The summed E-state index contributed by atoms with van der Waals surface area (Å²) in [5.74, 6) is 0.342. The van der Waals surface area contributed by atoms with Gasteiger partial charge in [-0.3, -0.25) is 13.9 Å². The predicted molar refractivity (Wildman–Crippen MR) is 161 cm³/mol. The first-order valence-corrected chi connectivity index (χ1v) is 14.6. The molecule has 0 unspecified atom stereocenters. The third kappa shape index (κ3) is 7.80. The Morgan fingerprint density at radius 2 is 1.34 bits per heavy atom. The number of benzene rings is 4. The molecule has 4 aromatic carbocycles. The minimum atomic E-state index is -3.81. The van der Waals surface area contributed by atoms with Crippen molar-refractivity contribution in [1.29, 1.82) is 0 Å². The number of sulfonamides is 1. The zero-order valence-corrected chi connectivity index (χ0v) is 23.6. The SMILES string of the molecule is C/C(=N/NC(=O)[C@H](C)N(c1ccc(Oc2ccccc2)cc1)S(C)(=O)=O)c1ccc(NC(=O)c2ccccc2)cc1. The maximum Gasteiger partial charge on any atom is 0.263 e. The standard InChI is InChI=1S/C31H30N4O5S/c1-22(24-14-16-26(17-15-24)32-31(37)25-10-6-4-7-11-25)33-34-30(36)23(2)35(41(3,38)39)27-18-20-29(21-19-27)40-28-12-8-5-9-13-28/h4-21,23H,1-3H3,(H,32,37)(H,34,36)/b33-22-/t23-/m0/s1. The molecule has 0 aliphatic heterocycles. The Labute approximate surface area is 239 Å². The van der Waals surface area contributed by atoms with Gasteiger partial charge < -0.3 is 10.1 Å². The fourth-order valence-electron chi connectivity index (χ4n) is 3.98. The number of nitrogens with zero attached hydrogens (tertiary/aromatic N) is 2. The van der Waals surface area contributed by atoms with Crippen LogP contribution in [0, 0.1) is 0 Å². The smallest absolute Gasteiger partial charge is 0.263 e. The molecule has 0 saturated heterocycles. The van der Waals surface area contributed by atoms with Gasteiger partial charge in [-0.25, -0.2) is 13.8 Å². The fraction of sp³-hybridized carbons (Fsp3) is 0.129. The van der Waals surface area contributed by atoms with Gasteiger partial charge in [0.05, 0.1) is 17.7 Å². The second kappa shape index (κ2) is 12.9. The highest BCUT2D eigenvalue weighted by Gasteiger charge is 2.29. The molecule has 0 radical (unpaired) electrons. The molecule has 4 aromatic rings. The van der Waals surface area contributed by atoms with E-state index in [4.69, 9.17) is 4.74 Å². The molecule has 4 rings (SSSR count). The first-order chi connectivity index (χ1) is 19.6. The number of hydrogen-bond donors (Lipinski definition) is 2. The third-order valence-electron chi connectivity index (χ3n) is 6.09. The van der Waals surface area contributed by atoms with Crippen molar-refractivity contribution in [2.24, 2.45) is 5.10 Å². The van der Waals surface area contributed by atoms with Gasteiger partial charge in [0.25, 0.3) is 11.8 Å². The van der Waals surface area contributed by atoms with E-state index in [1.165, 1.54) is 6.92 Å². The highest BCUT2D eigenvalue weighted by Crippen LogP contribution is 2.27. The van der Waals surface area contributed by atoms with E-state index >= 15 is 0 Å². The van der Waals surface area contributed by atoms with Crippen molar-refractivity contribution in [3.63, 3.8) is 0 Å². The molecule has 210 valence electrons. The van der Waals surface area contributed by atoms with Crippen LogP contribution in [0.15, 0.2) is 114 Å². The van der Waals surface area contributed by atoms with Gasteiger partial charge >= 0.3 is 0 Å². The Hall–Kier alpha value is -4.96. The van der Waals surface area contributed by atoms with E-state index in [0.717, 1.165) is 10.6 Å². The Morgan fingerprint density at radius 3 is 1.93 bits per heavy atom. The number of para-hydroxylation sites is 1. The summed E-state index contributed by atoms with van der Waals surface area (Å²) in [6.45, 7) is 3.20. The average Bonchev–Trinajstić information content (AvgIpc) is 2.97. The lowest BCUT2D eigenvalue weighted by Gasteiger charge is -2.27. The maximum atomic E-state index is 13.0. The maximum absolute atomic E-state index is 13.0. The Morgan fingerprint density at radius 1 is 0.780 bits per heavy atom. The van der Waals surface area contributed by atoms with E-state index in [9.17, 15) is 18.0 Å². The van der Waals surface area contributed by atoms with Gasteiger partial charge in [0.2, 0.25) is 10.0 Å². The molecular weight excluding hydrogens is 540 g/mol. The Kier molecular flexibility index (Phi) is 9.15. The second-order valence-electron chi connectivity index (χ2n) is 9.21. The van der Waals surface area contributed by atoms with Crippen LogP contribution >= 0.6 is 0 Å². The molecule has 9 nitrogen and oxygen atoms in total. The van der Waals surface area contributed by atoms with Gasteiger partial charge in [-0.15, -0.1) is 0 Å². The van der Waals surface area contributed by atoms with Crippen molar-refractivity contribution >= 4 is 38.9 Å².